The summed E-state index contributed by atoms with van der Waals surface area (Å²) in [4.78, 5) is 11.5. The van der Waals surface area contributed by atoms with Crippen molar-refractivity contribution in [2.24, 2.45) is 0 Å². The summed E-state index contributed by atoms with van der Waals surface area (Å²) in [6, 6.07) is 165. The van der Waals surface area contributed by atoms with Crippen LogP contribution in [-0.4, -0.2) is 37.4 Å². The second-order valence-electron chi connectivity index (χ2n) is 34.0. The Morgan fingerprint density at radius 1 is 0.141 bits per heavy atom. The average Bonchev–Trinajstić information content (AvgIpc) is 1.74. The topological polar surface area (TPSA) is 55.4 Å². The van der Waals surface area contributed by atoms with Gasteiger partial charge in [-0.05, 0) is 255 Å². The number of aromatic nitrogens is 8. The van der Waals surface area contributed by atoms with E-state index >= 15 is 0 Å². The van der Waals surface area contributed by atoms with Gasteiger partial charge in [-0.1, -0.05) is 249 Å². The second-order valence-corrected chi connectivity index (χ2v) is 34.0. The quantitative estimate of drug-likeness (QED) is 0.114. The first kappa shape index (κ1) is 71.4. The molecule has 7 aromatic heterocycles. The molecular formula is C120H74N8. The smallest absolute Gasteiger partial charge is 0.160 e. The van der Waals surface area contributed by atoms with Crippen LogP contribution in [0.2, 0.25) is 0 Å². The Morgan fingerprint density at radius 2 is 0.383 bits per heavy atom. The lowest BCUT2D eigenvalue weighted by Crippen LogP contribution is -1.99. The number of fused-ring (bicyclic) bond motifs is 21. The van der Waals surface area contributed by atoms with Crippen molar-refractivity contribution in [3.8, 4) is 101 Å². The van der Waals surface area contributed by atoms with Crippen molar-refractivity contribution in [1.29, 1.82) is 0 Å². The first-order chi connectivity index (χ1) is 63.5. The molecule has 20 aromatic carbocycles. The van der Waals surface area contributed by atoms with Gasteiger partial charge in [0.15, 0.2) is 5.82 Å². The molecule has 0 aliphatic heterocycles. The lowest BCUT2D eigenvalue weighted by Gasteiger charge is -2.15. The number of benzene rings is 20. The fourth-order valence-corrected chi connectivity index (χ4v) is 21.2. The average molecular weight is 1630 g/mol. The van der Waals surface area contributed by atoms with Gasteiger partial charge in [-0.15, -0.1) is 0 Å². The summed E-state index contributed by atoms with van der Waals surface area (Å²) in [6.45, 7) is 0. The summed E-state index contributed by atoms with van der Waals surface area (Å²) >= 11 is 0. The molecule has 27 aromatic rings. The van der Waals surface area contributed by atoms with Crippen molar-refractivity contribution in [2.75, 3.05) is 0 Å². The molecule has 0 N–H and O–H groups in total. The maximum absolute atomic E-state index is 5.87. The minimum atomic E-state index is 0.635. The molecule has 0 atom stereocenters. The van der Waals surface area contributed by atoms with Gasteiger partial charge in [0.25, 0.3) is 0 Å². The number of rotatable bonds is 12. The van der Waals surface area contributed by atoms with Gasteiger partial charge in [0.2, 0.25) is 0 Å². The third-order valence-corrected chi connectivity index (χ3v) is 26.9. The van der Waals surface area contributed by atoms with Crippen LogP contribution in [0.5, 0.6) is 0 Å². The molecular weight excluding hydrogens is 1550 g/mol. The molecule has 0 unspecified atom stereocenters. The summed E-state index contributed by atoms with van der Waals surface area (Å²) in [7, 11) is 0. The fourth-order valence-electron chi connectivity index (χ4n) is 21.2. The third-order valence-electron chi connectivity index (χ3n) is 26.9. The van der Waals surface area contributed by atoms with Crippen LogP contribution in [0.4, 0.5) is 0 Å². The maximum atomic E-state index is 5.87. The highest BCUT2D eigenvalue weighted by molar-refractivity contribution is 6.19. The molecule has 0 bridgehead atoms. The zero-order valence-corrected chi connectivity index (χ0v) is 69.3. The van der Waals surface area contributed by atoms with E-state index in [1.54, 1.807) is 0 Å². The Hall–Kier alpha value is -17.2. The molecule has 0 amide bonds. The molecule has 0 saturated heterocycles. The summed E-state index contributed by atoms with van der Waals surface area (Å²) in [5, 5.41) is 17.6. The lowest BCUT2D eigenvalue weighted by atomic mass is 9.98. The van der Waals surface area contributed by atoms with E-state index in [-0.39, 0.29) is 0 Å². The van der Waals surface area contributed by atoms with E-state index in [2.05, 4.69) is 476 Å². The molecule has 8 nitrogen and oxygen atoms in total. The molecule has 594 valence electrons. The van der Waals surface area contributed by atoms with Crippen molar-refractivity contribution in [3.05, 3.63) is 449 Å². The third kappa shape index (κ3) is 11.0. The minimum Gasteiger partial charge on any atom is -0.309 e. The molecule has 0 saturated carbocycles. The van der Waals surface area contributed by atoms with Crippen LogP contribution in [0.3, 0.4) is 0 Å². The summed E-state index contributed by atoms with van der Waals surface area (Å²) in [6.07, 6.45) is 0. The maximum Gasteiger partial charge on any atom is 0.160 e. The lowest BCUT2D eigenvalue weighted by molar-refractivity contribution is 1.17. The highest BCUT2D eigenvalue weighted by Gasteiger charge is 2.25. The molecule has 27 rings (SSSR count). The predicted octanol–water partition coefficient (Wildman–Crippen LogP) is 31.4. The van der Waals surface area contributed by atoms with Gasteiger partial charge < -0.3 is 27.4 Å². The van der Waals surface area contributed by atoms with Crippen LogP contribution in [-0.2, 0) is 0 Å². The van der Waals surface area contributed by atoms with Crippen molar-refractivity contribution < 1.29 is 0 Å². The predicted molar refractivity (Wildman–Crippen MR) is 536 cm³/mol. The van der Waals surface area contributed by atoms with Crippen LogP contribution >= 0.6 is 0 Å². The Kier molecular flexibility index (Phi) is 15.7. The van der Waals surface area contributed by atoms with Gasteiger partial charge in [0.1, 0.15) is 0 Å². The largest absolute Gasteiger partial charge is 0.309 e. The molecule has 8 heteroatoms. The SMILES string of the molecule is c1ccc(-n2c3ccccc3c3cc(-c4ccc5c(c4)c4cc(-c6ccc7c(c6)c6ccccc6n7-c6ccccc6)ccc4n5-c4cccc(-c5nc(-c6cccc(-n7c8ccc(-c9ccc%10c(c9)c9ccccc9n%10-c9ccccc9)cc8c8cc(-c9ccc%10c(c9)c9ccccc9n%10-c9ccccc9)ccc87)c6)c6c(ccc7ccccc76)n5)c4)ccc32)cc1. The first-order valence-electron chi connectivity index (χ1n) is 43.9. The zero-order valence-electron chi connectivity index (χ0n) is 69.3. The summed E-state index contributed by atoms with van der Waals surface area (Å²) < 4.78 is 14.5. The van der Waals surface area contributed by atoms with E-state index in [1.807, 2.05) is 0 Å². The van der Waals surface area contributed by atoms with Gasteiger partial charge >= 0.3 is 0 Å². The van der Waals surface area contributed by atoms with Gasteiger partial charge in [-0.3, -0.25) is 0 Å². The Morgan fingerprint density at radius 3 is 0.703 bits per heavy atom. The summed E-state index contributed by atoms with van der Waals surface area (Å²) in [5.41, 5.74) is 33.2. The van der Waals surface area contributed by atoms with Gasteiger partial charge in [-0.2, -0.15) is 0 Å². The van der Waals surface area contributed by atoms with Crippen molar-refractivity contribution >= 4 is 153 Å². The number of para-hydroxylation sites is 8. The first-order valence-corrected chi connectivity index (χ1v) is 43.9. The van der Waals surface area contributed by atoms with Crippen LogP contribution in [0.25, 0.3) is 254 Å². The van der Waals surface area contributed by atoms with Gasteiger partial charge in [0.05, 0.1) is 77.4 Å². The molecule has 0 aliphatic carbocycles. The van der Waals surface area contributed by atoms with E-state index in [0.717, 1.165) is 161 Å². The standard InChI is InChI=1S/C120H74N8/c1-5-28-86(29-6-1)123-106-43-19-15-39-93(106)97-67-76(48-57-110(97)123)80-52-61-114-101(71-80)102-72-81(77-49-58-111-98(68-77)94-40-16-20-44-107(94)124(111)87-30-7-2-8-31-87)53-62-115(102)127(114)90-36-23-26-84(65-90)119-118-92-38-14-13-25-75(92)47-56-105(118)121-120(122-119)85-27-24-37-91(66-85)128-116-63-54-82(78-50-59-112-99(69-78)95-41-17-21-45-108(95)125(112)88-32-9-3-10-33-88)73-103(116)104-74-83(55-64-117(104)128)79-51-60-113-100(70-79)96-42-18-22-46-109(96)126(113)89-34-11-4-12-35-89/h1-74H. The van der Waals surface area contributed by atoms with E-state index < -0.39 is 0 Å². The number of nitrogens with zero attached hydrogens (tertiary/aromatic N) is 8. The van der Waals surface area contributed by atoms with Gasteiger partial charge in [-0.25, -0.2) is 9.97 Å². The minimum absolute atomic E-state index is 0.635. The number of hydrogen-bond donors (Lipinski definition) is 0. The van der Waals surface area contributed by atoms with Crippen LogP contribution in [0.1, 0.15) is 0 Å². The van der Waals surface area contributed by atoms with Crippen molar-refractivity contribution in [2.45, 2.75) is 0 Å². The van der Waals surface area contributed by atoms with Crippen molar-refractivity contribution in [3.63, 3.8) is 0 Å². The number of hydrogen-bond acceptors (Lipinski definition) is 2. The second kappa shape index (κ2) is 28.2. The highest BCUT2D eigenvalue weighted by atomic mass is 15.0. The summed E-state index contributed by atoms with van der Waals surface area (Å²) in [5.74, 6) is 0.635. The van der Waals surface area contributed by atoms with Crippen molar-refractivity contribution in [1.82, 2.24) is 37.4 Å². The zero-order chi connectivity index (χ0) is 83.8. The molecule has 0 fully saturated rings. The van der Waals surface area contributed by atoms with E-state index in [4.69, 9.17) is 9.97 Å². The Bertz CT molecular complexity index is 8890. The van der Waals surface area contributed by atoms with Crippen LogP contribution in [0.15, 0.2) is 449 Å². The fraction of sp³-hybridized carbons (Fsp3) is 0. The normalized spacial score (nSPS) is 12.1. The van der Waals surface area contributed by atoms with Crippen LogP contribution in [0, 0.1) is 0 Å². The molecule has 0 spiro atoms. The molecule has 0 radical (unpaired) electrons. The van der Waals surface area contributed by atoms with E-state index in [1.165, 1.54) is 87.2 Å². The molecule has 7 heterocycles. The molecule has 128 heavy (non-hydrogen) atoms. The molecule has 0 aliphatic rings. The monoisotopic (exact) mass is 1630 g/mol. The highest BCUT2D eigenvalue weighted by Crippen LogP contribution is 2.47. The Balaban J connectivity index is 0.618. The van der Waals surface area contributed by atoms with E-state index in [9.17, 15) is 0 Å². The van der Waals surface area contributed by atoms with Crippen LogP contribution < -0.4 is 0 Å². The van der Waals surface area contributed by atoms with E-state index in [0.29, 0.717) is 5.82 Å². The Labute approximate surface area is 735 Å². The van der Waals surface area contributed by atoms with Gasteiger partial charge in [0, 0.05) is 115 Å².